The molecule has 0 aromatic heterocycles. The van der Waals surface area contributed by atoms with Gasteiger partial charge in [0.25, 0.3) is 5.91 Å². The van der Waals surface area contributed by atoms with E-state index in [1.54, 1.807) is 31.4 Å². The topological polar surface area (TPSA) is 89.9 Å². The van der Waals surface area contributed by atoms with E-state index in [0.717, 1.165) is 5.56 Å². The van der Waals surface area contributed by atoms with Gasteiger partial charge in [-0.3, -0.25) is 9.59 Å². The predicted molar refractivity (Wildman–Crippen MR) is 127 cm³/mol. The van der Waals surface area contributed by atoms with E-state index < -0.39 is 6.04 Å². The highest BCUT2D eigenvalue weighted by Crippen LogP contribution is 2.37. The monoisotopic (exact) mass is 487 g/mol. The summed E-state index contributed by atoms with van der Waals surface area (Å²) in [6, 6.07) is 10.9. The standard InChI is InChI=1S/C25H30FN3O6/c1-32-12-11-28(25(31)16-33-2)15-24(30)29-21(18-7-10-22(34-3)23(13-18)35-4)14-20(27-29)17-5-8-19(26)9-6-17/h5-10,13,21H,11-12,14-16H2,1-4H3/t21-/m0/s1. The Bertz CT molecular complexity index is 1060. The molecular formula is C25H30FN3O6. The van der Waals surface area contributed by atoms with Crippen LogP contribution in [0.1, 0.15) is 23.6 Å². The minimum absolute atomic E-state index is 0.153. The first-order valence-electron chi connectivity index (χ1n) is 11.0. The van der Waals surface area contributed by atoms with E-state index in [1.165, 1.54) is 43.4 Å². The molecular weight excluding hydrogens is 457 g/mol. The minimum atomic E-state index is -0.454. The molecule has 0 saturated heterocycles. The van der Waals surface area contributed by atoms with Gasteiger partial charge in [0, 0.05) is 27.2 Å². The maximum atomic E-state index is 13.5. The van der Waals surface area contributed by atoms with E-state index in [4.69, 9.17) is 18.9 Å². The van der Waals surface area contributed by atoms with Gasteiger partial charge in [0.05, 0.1) is 32.6 Å². The summed E-state index contributed by atoms with van der Waals surface area (Å²) < 4.78 is 34.3. The molecule has 35 heavy (non-hydrogen) atoms. The molecule has 0 saturated carbocycles. The Hall–Kier alpha value is -3.50. The van der Waals surface area contributed by atoms with Crippen molar-refractivity contribution in [3.8, 4) is 11.5 Å². The predicted octanol–water partition coefficient (Wildman–Crippen LogP) is 2.64. The molecule has 2 aromatic rings. The van der Waals surface area contributed by atoms with Crippen LogP contribution in [0.15, 0.2) is 47.6 Å². The number of methoxy groups -OCH3 is 4. The average Bonchev–Trinajstić information content (AvgIpc) is 3.32. The van der Waals surface area contributed by atoms with Crippen molar-refractivity contribution in [3.63, 3.8) is 0 Å². The van der Waals surface area contributed by atoms with E-state index in [0.29, 0.717) is 29.2 Å². The zero-order valence-electron chi connectivity index (χ0n) is 20.3. The Morgan fingerprint density at radius 2 is 1.74 bits per heavy atom. The summed E-state index contributed by atoms with van der Waals surface area (Å²) in [6.45, 7) is 0.148. The number of ether oxygens (including phenoxy) is 4. The SMILES string of the molecule is COCCN(CC(=O)N1N=C(c2ccc(F)cc2)C[C@H]1c1ccc(OC)c(OC)c1)C(=O)COC. The zero-order valence-corrected chi connectivity index (χ0v) is 20.3. The van der Waals surface area contributed by atoms with Gasteiger partial charge in [-0.25, -0.2) is 9.40 Å². The number of halogens is 1. The smallest absolute Gasteiger partial charge is 0.262 e. The maximum absolute atomic E-state index is 13.5. The van der Waals surface area contributed by atoms with Crippen molar-refractivity contribution >= 4 is 17.5 Å². The number of hydrazone groups is 1. The van der Waals surface area contributed by atoms with E-state index >= 15 is 0 Å². The van der Waals surface area contributed by atoms with Crippen LogP contribution in [0.25, 0.3) is 0 Å². The lowest BCUT2D eigenvalue weighted by atomic mass is 9.98. The van der Waals surface area contributed by atoms with Crippen LogP contribution < -0.4 is 9.47 Å². The van der Waals surface area contributed by atoms with Crippen LogP contribution >= 0.6 is 0 Å². The van der Waals surface area contributed by atoms with Crippen LogP contribution in [0.5, 0.6) is 11.5 Å². The van der Waals surface area contributed by atoms with E-state index in [2.05, 4.69) is 5.10 Å². The van der Waals surface area contributed by atoms with Gasteiger partial charge in [0.15, 0.2) is 11.5 Å². The zero-order chi connectivity index (χ0) is 25.4. The van der Waals surface area contributed by atoms with Crippen molar-refractivity contribution in [3.05, 3.63) is 59.4 Å². The third-order valence-electron chi connectivity index (χ3n) is 5.65. The Labute approximate surface area is 204 Å². The van der Waals surface area contributed by atoms with Crippen LogP contribution in [0, 0.1) is 5.82 Å². The van der Waals surface area contributed by atoms with Crippen molar-refractivity contribution in [2.75, 3.05) is 54.7 Å². The Kier molecular flexibility index (Phi) is 9.16. The first kappa shape index (κ1) is 26.1. The third kappa shape index (κ3) is 6.34. The number of rotatable bonds is 11. The van der Waals surface area contributed by atoms with Gasteiger partial charge in [-0.2, -0.15) is 5.10 Å². The highest BCUT2D eigenvalue weighted by atomic mass is 19.1. The molecule has 0 bridgehead atoms. The normalized spacial score (nSPS) is 15.1. The molecule has 188 valence electrons. The fourth-order valence-corrected chi connectivity index (χ4v) is 3.82. The van der Waals surface area contributed by atoms with Gasteiger partial charge in [-0.05, 0) is 35.4 Å². The number of nitrogens with zero attached hydrogens (tertiary/aromatic N) is 3. The summed E-state index contributed by atoms with van der Waals surface area (Å²) in [5, 5.41) is 5.96. The summed E-state index contributed by atoms with van der Waals surface area (Å²) >= 11 is 0. The summed E-state index contributed by atoms with van der Waals surface area (Å²) in [6.07, 6.45) is 0.400. The van der Waals surface area contributed by atoms with Gasteiger partial charge in [0.2, 0.25) is 5.91 Å². The van der Waals surface area contributed by atoms with Crippen molar-refractivity contribution in [2.24, 2.45) is 5.10 Å². The van der Waals surface area contributed by atoms with Crippen LogP contribution in [0.4, 0.5) is 4.39 Å². The highest BCUT2D eigenvalue weighted by molar-refractivity contribution is 6.03. The van der Waals surface area contributed by atoms with Gasteiger partial charge in [-0.15, -0.1) is 0 Å². The largest absolute Gasteiger partial charge is 0.493 e. The number of carbonyl (C=O) groups is 2. The van der Waals surface area contributed by atoms with Crippen LogP contribution in [-0.2, 0) is 19.1 Å². The van der Waals surface area contributed by atoms with Gasteiger partial charge in [-0.1, -0.05) is 18.2 Å². The molecule has 0 spiro atoms. The second-order valence-electron chi connectivity index (χ2n) is 7.87. The molecule has 0 aliphatic carbocycles. The number of hydrogen-bond acceptors (Lipinski definition) is 7. The molecule has 0 N–H and O–H groups in total. The second-order valence-corrected chi connectivity index (χ2v) is 7.87. The summed E-state index contributed by atoms with van der Waals surface area (Å²) in [5.74, 6) is 0.0134. The van der Waals surface area contributed by atoms with Crippen molar-refractivity contribution < 1.29 is 32.9 Å². The first-order valence-corrected chi connectivity index (χ1v) is 11.0. The lowest BCUT2D eigenvalue weighted by Gasteiger charge is -2.27. The van der Waals surface area contributed by atoms with Crippen LogP contribution in [0.3, 0.4) is 0 Å². The molecule has 0 radical (unpaired) electrons. The summed E-state index contributed by atoms with van der Waals surface area (Å²) in [4.78, 5) is 27.3. The van der Waals surface area contributed by atoms with Crippen LogP contribution in [0.2, 0.25) is 0 Å². The molecule has 1 heterocycles. The number of carbonyl (C=O) groups excluding carboxylic acids is 2. The van der Waals surface area contributed by atoms with Gasteiger partial charge < -0.3 is 23.8 Å². The van der Waals surface area contributed by atoms with Crippen molar-refractivity contribution in [2.45, 2.75) is 12.5 Å². The fourth-order valence-electron chi connectivity index (χ4n) is 3.82. The molecule has 0 fully saturated rings. The second kappa shape index (κ2) is 12.3. The molecule has 9 nitrogen and oxygen atoms in total. The van der Waals surface area contributed by atoms with Gasteiger partial charge >= 0.3 is 0 Å². The lowest BCUT2D eigenvalue weighted by molar-refractivity contribution is -0.144. The maximum Gasteiger partial charge on any atom is 0.262 e. The van der Waals surface area contributed by atoms with Crippen LogP contribution in [-0.4, -0.2) is 82.2 Å². The first-order chi connectivity index (χ1) is 16.9. The van der Waals surface area contributed by atoms with Crippen molar-refractivity contribution in [1.82, 2.24) is 9.91 Å². The molecule has 10 heteroatoms. The molecule has 3 rings (SSSR count). The molecule has 2 aromatic carbocycles. The molecule has 1 atom stereocenters. The molecule has 0 unspecified atom stereocenters. The van der Waals surface area contributed by atoms with E-state index in [1.807, 2.05) is 6.07 Å². The summed E-state index contributed by atoms with van der Waals surface area (Å²) in [7, 11) is 6.02. The lowest BCUT2D eigenvalue weighted by Crippen LogP contribution is -2.44. The number of benzene rings is 2. The van der Waals surface area contributed by atoms with E-state index in [-0.39, 0.29) is 43.9 Å². The molecule has 1 aliphatic rings. The third-order valence-corrected chi connectivity index (χ3v) is 5.65. The minimum Gasteiger partial charge on any atom is -0.493 e. The van der Waals surface area contributed by atoms with E-state index in [9.17, 15) is 14.0 Å². The highest BCUT2D eigenvalue weighted by Gasteiger charge is 2.35. The Morgan fingerprint density at radius 3 is 2.37 bits per heavy atom. The van der Waals surface area contributed by atoms with Crippen molar-refractivity contribution in [1.29, 1.82) is 0 Å². The Balaban J connectivity index is 1.94. The molecule has 2 amide bonds. The quantitative estimate of drug-likeness (QED) is 0.484. The Morgan fingerprint density at radius 1 is 1.03 bits per heavy atom. The summed E-state index contributed by atoms with van der Waals surface area (Å²) in [5.41, 5.74) is 2.12. The fraction of sp³-hybridized carbons (Fsp3) is 0.400. The van der Waals surface area contributed by atoms with Gasteiger partial charge in [0.1, 0.15) is 19.0 Å². The average molecular weight is 488 g/mol. The number of amides is 2. The number of hydrogen-bond donors (Lipinski definition) is 0. The molecule has 1 aliphatic heterocycles.